The molecule has 0 unspecified atom stereocenters. The van der Waals surface area contributed by atoms with E-state index in [9.17, 15) is 9.59 Å². The number of benzene rings is 2. The molecule has 0 radical (unpaired) electrons. The summed E-state index contributed by atoms with van der Waals surface area (Å²) < 4.78 is 5.63. The number of aryl methyl sites for hydroxylation is 1. The molecule has 2 aromatic carbocycles. The summed E-state index contributed by atoms with van der Waals surface area (Å²) in [6, 6.07) is 15.2. The molecule has 29 heavy (non-hydrogen) atoms. The van der Waals surface area contributed by atoms with Gasteiger partial charge in [0.2, 0.25) is 11.8 Å². The number of nitrogens with one attached hydrogen (secondary N) is 1. The minimum absolute atomic E-state index is 0.00981. The second-order valence-electron chi connectivity index (χ2n) is 6.82. The summed E-state index contributed by atoms with van der Waals surface area (Å²) in [5, 5.41) is 10.6. The molecule has 0 spiro atoms. The van der Waals surface area contributed by atoms with Crippen LogP contribution in [-0.4, -0.2) is 34.8 Å². The molecular weight excluding hydrogens is 388 g/mol. The quantitative estimate of drug-likeness (QED) is 0.645. The molecule has 3 aromatic rings. The van der Waals surface area contributed by atoms with Gasteiger partial charge in [0.1, 0.15) is 0 Å². The highest BCUT2D eigenvalue weighted by Gasteiger charge is 2.35. The van der Waals surface area contributed by atoms with Gasteiger partial charge >= 0.3 is 6.01 Å². The Labute approximate surface area is 172 Å². The highest BCUT2D eigenvalue weighted by atomic mass is 32.2. The summed E-state index contributed by atoms with van der Waals surface area (Å²) in [6.45, 7) is 2.32. The van der Waals surface area contributed by atoms with Gasteiger partial charge in [-0.25, -0.2) is 0 Å². The van der Waals surface area contributed by atoms with Crippen molar-refractivity contribution in [2.24, 2.45) is 0 Å². The van der Waals surface area contributed by atoms with Crippen molar-refractivity contribution < 1.29 is 14.0 Å². The van der Waals surface area contributed by atoms with Crippen molar-refractivity contribution in [2.75, 3.05) is 23.0 Å². The molecule has 1 aromatic heterocycles. The molecule has 8 heteroatoms. The lowest BCUT2D eigenvalue weighted by Gasteiger charge is -2.16. The highest BCUT2D eigenvalue weighted by molar-refractivity contribution is 7.98. The molecule has 2 heterocycles. The van der Waals surface area contributed by atoms with Crippen molar-refractivity contribution in [3.05, 3.63) is 65.5 Å². The molecule has 1 saturated heterocycles. The maximum Gasteiger partial charge on any atom is 0.322 e. The van der Waals surface area contributed by atoms with E-state index in [1.807, 2.05) is 49.6 Å². The molecule has 1 N–H and O–H groups in total. The van der Waals surface area contributed by atoms with E-state index < -0.39 is 0 Å². The summed E-state index contributed by atoms with van der Waals surface area (Å²) in [6.07, 6.45) is 2.30. The number of hydrogen-bond acceptors (Lipinski definition) is 6. The van der Waals surface area contributed by atoms with Crippen molar-refractivity contribution in [1.82, 2.24) is 10.2 Å². The van der Waals surface area contributed by atoms with Gasteiger partial charge in [0.05, 0.1) is 5.92 Å². The second kappa shape index (κ2) is 8.08. The fraction of sp³-hybridized carbons (Fsp3) is 0.238. The molecule has 0 aliphatic carbocycles. The average molecular weight is 408 g/mol. The number of anilines is 2. The van der Waals surface area contributed by atoms with E-state index in [-0.39, 0.29) is 30.2 Å². The SMILES string of the molecule is CSc1ccc(N2C[C@@H](c3nnc(NC(=O)c4ccccc4C)o3)CC2=O)cc1. The second-order valence-corrected chi connectivity index (χ2v) is 7.70. The van der Waals surface area contributed by atoms with E-state index in [2.05, 4.69) is 15.5 Å². The summed E-state index contributed by atoms with van der Waals surface area (Å²) in [7, 11) is 0. The van der Waals surface area contributed by atoms with Gasteiger partial charge < -0.3 is 9.32 Å². The third-order valence-corrected chi connectivity index (χ3v) is 5.65. The number of rotatable bonds is 5. The van der Waals surface area contributed by atoms with Crippen molar-refractivity contribution in [2.45, 2.75) is 24.2 Å². The largest absolute Gasteiger partial charge is 0.407 e. The number of amides is 2. The van der Waals surface area contributed by atoms with Gasteiger partial charge in [-0.15, -0.1) is 16.9 Å². The Balaban J connectivity index is 1.45. The molecular formula is C21H20N4O3S. The van der Waals surface area contributed by atoms with Crippen LogP contribution in [0.5, 0.6) is 0 Å². The minimum Gasteiger partial charge on any atom is -0.407 e. The molecule has 7 nitrogen and oxygen atoms in total. The number of hydrogen-bond donors (Lipinski definition) is 1. The predicted octanol–water partition coefficient (Wildman–Crippen LogP) is 3.87. The summed E-state index contributed by atoms with van der Waals surface area (Å²) in [5.74, 6) is -0.159. The molecule has 1 fully saturated rings. The van der Waals surface area contributed by atoms with Crippen LogP contribution in [0.25, 0.3) is 0 Å². The van der Waals surface area contributed by atoms with Gasteiger partial charge in [-0.2, -0.15) is 0 Å². The van der Waals surface area contributed by atoms with Crippen LogP contribution in [0.2, 0.25) is 0 Å². The lowest BCUT2D eigenvalue weighted by Crippen LogP contribution is -2.24. The third kappa shape index (κ3) is 4.02. The van der Waals surface area contributed by atoms with E-state index >= 15 is 0 Å². The zero-order valence-corrected chi connectivity index (χ0v) is 16.9. The van der Waals surface area contributed by atoms with Crippen LogP contribution >= 0.6 is 11.8 Å². The van der Waals surface area contributed by atoms with Crippen LogP contribution in [0.4, 0.5) is 11.7 Å². The highest BCUT2D eigenvalue weighted by Crippen LogP contribution is 2.32. The Morgan fingerprint density at radius 3 is 2.66 bits per heavy atom. The minimum atomic E-state index is -0.309. The normalized spacial score (nSPS) is 16.3. The van der Waals surface area contributed by atoms with Gasteiger partial charge in [0.25, 0.3) is 5.91 Å². The number of thioether (sulfide) groups is 1. The molecule has 1 aliphatic heterocycles. The van der Waals surface area contributed by atoms with E-state index in [0.29, 0.717) is 18.0 Å². The fourth-order valence-electron chi connectivity index (χ4n) is 3.33. The summed E-state index contributed by atoms with van der Waals surface area (Å²) in [5.41, 5.74) is 2.25. The van der Waals surface area contributed by atoms with Crippen LogP contribution in [0.1, 0.15) is 34.2 Å². The Bertz CT molecular complexity index is 1050. The van der Waals surface area contributed by atoms with Crippen LogP contribution in [-0.2, 0) is 4.79 Å². The van der Waals surface area contributed by atoms with Crippen molar-refractivity contribution >= 4 is 35.3 Å². The van der Waals surface area contributed by atoms with Gasteiger partial charge in [-0.05, 0) is 49.1 Å². The maximum absolute atomic E-state index is 12.5. The molecule has 148 valence electrons. The van der Waals surface area contributed by atoms with Crippen molar-refractivity contribution in [3.63, 3.8) is 0 Å². The first-order chi connectivity index (χ1) is 14.0. The number of carbonyl (C=O) groups excluding carboxylic acids is 2. The number of carbonyl (C=O) groups is 2. The van der Waals surface area contributed by atoms with E-state index in [1.165, 1.54) is 0 Å². The molecule has 0 bridgehead atoms. The van der Waals surface area contributed by atoms with Gasteiger partial charge in [0.15, 0.2) is 0 Å². The lowest BCUT2D eigenvalue weighted by atomic mass is 10.1. The van der Waals surface area contributed by atoms with Gasteiger partial charge in [-0.1, -0.05) is 23.3 Å². The van der Waals surface area contributed by atoms with Crippen LogP contribution in [0.3, 0.4) is 0 Å². The zero-order valence-electron chi connectivity index (χ0n) is 16.1. The molecule has 4 rings (SSSR count). The van der Waals surface area contributed by atoms with E-state index in [0.717, 1.165) is 16.1 Å². The van der Waals surface area contributed by atoms with Gasteiger partial charge in [0, 0.05) is 29.1 Å². The summed E-state index contributed by atoms with van der Waals surface area (Å²) >= 11 is 1.65. The smallest absolute Gasteiger partial charge is 0.322 e. The third-order valence-electron chi connectivity index (χ3n) is 4.91. The Kier molecular flexibility index (Phi) is 5.35. The standard InChI is InChI=1S/C21H20N4O3S/c1-13-5-3-4-6-17(13)19(27)22-21-24-23-20(28-21)14-11-18(26)25(12-14)15-7-9-16(29-2)10-8-15/h3-10,14H,11-12H2,1-2H3,(H,22,24,27)/t14-/m0/s1. The van der Waals surface area contributed by atoms with Crippen molar-refractivity contribution in [3.8, 4) is 0 Å². The Morgan fingerprint density at radius 2 is 1.93 bits per heavy atom. The predicted molar refractivity (Wildman–Crippen MR) is 111 cm³/mol. The van der Waals surface area contributed by atoms with Crippen LogP contribution in [0, 0.1) is 6.92 Å². The van der Waals surface area contributed by atoms with E-state index in [4.69, 9.17) is 4.42 Å². The first-order valence-corrected chi connectivity index (χ1v) is 10.4. The zero-order chi connectivity index (χ0) is 20.4. The molecule has 1 atom stereocenters. The van der Waals surface area contributed by atoms with Gasteiger partial charge in [-0.3, -0.25) is 14.9 Å². The van der Waals surface area contributed by atoms with Crippen LogP contribution < -0.4 is 10.2 Å². The average Bonchev–Trinajstić information content (AvgIpc) is 3.35. The fourth-order valence-corrected chi connectivity index (χ4v) is 3.74. The molecule has 1 aliphatic rings. The number of aromatic nitrogens is 2. The summed E-state index contributed by atoms with van der Waals surface area (Å²) in [4.78, 5) is 27.8. The lowest BCUT2D eigenvalue weighted by molar-refractivity contribution is -0.117. The van der Waals surface area contributed by atoms with E-state index in [1.54, 1.807) is 28.8 Å². The first-order valence-electron chi connectivity index (χ1n) is 9.20. The topological polar surface area (TPSA) is 88.3 Å². The van der Waals surface area contributed by atoms with Crippen LogP contribution in [0.15, 0.2) is 57.8 Å². The Hall–Kier alpha value is -3.13. The molecule has 2 amide bonds. The van der Waals surface area contributed by atoms with Crippen molar-refractivity contribution in [1.29, 1.82) is 0 Å². The first kappa shape index (κ1) is 19.2. The molecule has 0 saturated carbocycles. The monoisotopic (exact) mass is 408 g/mol. The number of nitrogens with zero attached hydrogens (tertiary/aromatic N) is 3. The maximum atomic E-state index is 12.5. The Morgan fingerprint density at radius 1 is 1.17 bits per heavy atom.